The van der Waals surface area contributed by atoms with Gasteiger partial charge in [-0.05, 0) is 25.5 Å². The Balaban J connectivity index is 2.61. The normalized spacial score (nSPS) is 16.9. The predicted octanol–water partition coefficient (Wildman–Crippen LogP) is 2.02. The molecule has 0 saturated carbocycles. The number of benzene rings is 1. The van der Waals surface area contributed by atoms with Crippen LogP contribution in [-0.2, 0) is 0 Å². The number of likely N-dealkylation sites (N-methyl/N-ethyl adjacent to an activating group) is 1. The minimum absolute atomic E-state index is 0.0530. The summed E-state index contributed by atoms with van der Waals surface area (Å²) in [5.74, 6) is 0.452. The molecule has 3 heteroatoms. The van der Waals surface area contributed by atoms with Gasteiger partial charge in [0.15, 0.2) is 0 Å². The van der Waals surface area contributed by atoms with Gasteiger partial charge in [-0.1, -0.05) is 44.2 Å². The van der Waals surface area contributed by atoms with Gasteiger partial charge < -0.3 is 10.8 Å². The van der Waals surface area contributed by atoms with Crippen molar-refractivity contribution < 1.29 is 5.11 Å². The molecular formula is C15H26N2O. The van der Waals surface area contributed by atoms with Gasteiger partial charge in [-0.25, -0.2) is 0 Å². The first-order chi connectivity index (χ1) is 8.43. The highest BCUT2D eigenvalue weighted by molar-refractivity contribution is 5.18. The van der Waals surface area contributed by atoms with Crippen molar-refractivity contribution >= 4 is 0 Å². The molecule has 1 aromatic rings. The van der Waals surface area contributed by atoms with Gasteiger partial charge in [0.2, 0.25) is 0 Å². The number of nitrogens with two attached hydrogens (primary N) is 1. The number of hydrogen-bond acceptors (Lipinski definition) is 3. The molecule has 0 aliphatic heterocycles. The van der Waals surface area contributed by atoms with Crippen molar-refractivity contribution in [1.82, 2.24) is 4.90 Å². The molecule has 1 rings (SSSR count). The van der Waals surface area contributed by atoms with E-state index in [-0.39, 0.29) is 12.1 Å². The fraction of sp³-hybridized carbons (Fsp3) is 0.600. The van der Waals surface area contributed by atoms with Crippen molar-refractivity contribution in [2.24, 2.45) is 11.7 Å². The Bertz CT molecular complexity index is 340. The largest absolute Gasteiger partial charge is 0.387 e. The Labute approximate surface area is 111 Å². The lowest BCUT2D eigenvalue weighted by atomic mass is 10.0. The molecule has 3 nitrogen and oxygen atoms in total. The van der Waals surface area contributed by atoms with Crippen molar-refractivity contribution in [1.29, 1.82) is 0 Å². The van der Waals surface area contributed by atoms with E-state index in [1.807, 2.05) is 44.3 Å². The summed E-state index contributed by atoms with van der Waals surface area (Å²) in [6.45, 7) is 7.07. The quantitative estimate of drug-likeness (QED) is 0.812. The summed E-state index contributed by atoms with van der Waals surface area (Å²) in [6, 6.07) is 9.96. The lowest BCUT2D eigenvalue weighted by Crippen LogP contribution is -2.44. The highest BCUT2D eigenvalue weighted by atomic mass is 16.3. The molecule has 102 valence electrons. The van der Waals surface area contributed by atoms with Crippen LogP contribution < -0.4 is 5.73 Å². The van der Waals surface area contributed by atoms with E-state index >= 15 is 0 Å². The van der Waals surface area contributed by atoms with E-state index in [9.17, 15) is 5.11 Å². The number of aliphatic hydroxyl groups is 1. The van der Waals surface area contributed by atoms with Gasteiger partial charge in [-0.15, -0.1) is 0 Å². The molecule has 0 unspecified atom stereocenters. The predicted molar refractivity (Wildman–Crippen MR) is 76.3 cm³/mol. The van der Waals surface area contributed by atoms with Crippen LogP contribution in [-0.4, -0.2) is 35.7 Å². The van der Waals surface area contributed by atoms with Gasteiger partial charge in [-0.3, -0.25) is 4.90 Å². The maximum atomic E-state index is 10.3. The summed E-state index contributed by atoms with van der Waals surface area (Å²) < 4.78 is 0. The second-order valence-electron chi connectivity index (χ2n) is 5.44. The molecule has 0 bridgehead atoms. The third kappa shape index (κ3) is 4.09. The molecule has 1 aromatic carbocycles. The van der Waals surface area contributed by atoms with E-state index in [1.165, 1.54) is 0 Å². The van der Waals surface area contributed by atoms with E-state index < -0.39 is 6.10 Å². The third-order valence-electron chi connectivity index (χ3n) is 3.65. The molecule has 18 heavy (non-hydrogen) atoms. The number of hydrogen-bond donors (Lipinski definition) is 2. The van der Waals surface area contributed by atoms with Gasteiger partial charge in [0, 0.05) is 18.6 Å². The first kappa shape index (κ1) is 15.2. The Morgan fingerprint density at radius 1 is 1.17 bits per heavy atom. The van der Waals surface area contributed by atoms with Crippen LogP contribution in [0.3, 0.4) is 0 Å². The zero-order valence-electron chi connectivity index (χ0n) is 11.9. The van der Waals surface area contributed by atoms with Crippen LogP contribution in [0, 0.1) is 5.92 Å². The minimum atomic E-state index is -0.476. The van der Waals surface area contributed by atoms with Crippen LogP contribution in [0.15, 0.2) is 30.3 Å². The van der Waals surface area contributed by atoms with Crippen LogP contribution >= 0.6 is 0 Å². The molecular weight excluding hydrogens is 224 g/mol. The molecule has 0 aliphatic carbocycles. The topological polar surface area (TPSA) is 49.5 Å². The summed E-state index contributed by atoms with van der Waals surface area (Å²) >= 11 is 0. The van der Waals surface area contributed by atoms with Crippen molar-refractivity contribution in [2.45, 2.75) is 39.0 Å². The van der Waals surface area contributed by atoms with Crippen molar-refractivity contribution in [3.63, 3.8) is 0 Å². The molecule has 0 amide bonds. The van der Waals surface area contributed by atoms with E-state index in [4.69, 9.17) is 5.73 Å². The zero-order chi connectivity index (χ0) is 13.7. The second-order valence-corrected chi connectivity index (χ2v) is 5.44. The number of rotatable bonds is 6. The van der Waals surface area contributed by atoms with Crippen LogP contribution in [0.5, 0.6) is 0 Å². The summed E-state index contributed by atoms with van der Waals surface area (Å²) in [4.78, 5) is 2.13. The van der Waals surface area contributed by atoms with E-state index in [0.717, 1.165) is 12.1 Å². The van der Waals surface area contributed by atoms with Crippen molar-refractivity contribution in [3.8, 4) is 0 Å². The molecule has 3 atom stereocenters. The zero-order valence-corrected chi connectivity index (χ0v) is 11.9. The van der Waals surface area contributed by atoms with Gasteiger partial charge >= 0.3 is 0 Å². The van der Waals surface area contributed by atoms with Crippen LogP contribution in [0.1, 0.15) is 32.4 Å². The molecule has 0 aliphatic rings. The average molecular weight is 250 g/mol. The maximum Gasteiger partial charge on any atom is 0.0942 e. The highest BCUT2D eigenvalue weighted by Gasteiger charge is 2.22. The van der Waals surface area contributed by atoms with E-state index in [1.54, 1.807) is 0 Å². The lowest BCUT2D eigenvalue weighted by Gasteiger charge is -2.32. The third-order valence-corrected chi connectivity index (χ3v) is 3.65. The van der Waals surface area contributed by atoms with Crippen molar-refractivity contribution in [3.05, 3.63) is 35.9 Å². The van der Waals surface area contributed by atoms with Gasteiger partial charge in [0.1, 0.15) is 0 Å². The molecule has 0 fully saturated rings. The fourth-order valence-electron chi connectivity index (χ4n) is 1.88. The van der Waals surface area contributed by atoms with Crippen LogP contribution in [0.4, 0.5) is 0 Å². The van der Waals surface area contributed by atoms with E-state index in [2.05, 4.69) is 18.7 Å². The molecule has 0 saturated heterocycles. The first-order valence-electron chi connectivity index (χ1n) is 6.62. The molecule has 3 N–H and O–H groups in total. The SMILES string of the molecule is CC(C)[C@@H](N)CN(C)[C@@H](C)[C@H](O)c1ccccc1. The standard InChI is InChI=1S/C15H26N2O/c1-11(2)14(16)10-17(4)12(3)15(18)13-8-6-5-7-9-13/h5-9,11-12,14-15,18H,10,16H2,1-4H3/t12-,14-,15-/m0/s1. The molecule has 0 aromatic heterocycles. The average Bonchev–Trinajstić information content (AvgIpc) is 2.37. The summed E-state index contributed by atoms with van der Waals surface area (Å²) in [5.41, 5.74) is 7.02. The molecule has 0 heterocycles. The summed E-state index contributed by atoms with van der Waals surface area (Å²) in [6.07, 6.45) is -0.476. The molecule has 0 spiro atoms. The minimum Gasteiger partial charge on any atom is -0.387 e. The number of nitrogens with zero attached hydrogens (tertiary/aromatic N) is 1. The van der Waals surface area contributed by atoms with E-state index in [0.29, 0.717) is 5.92 Å². The summed E-state index contributed by atoms with van der Waals surface area (Å²) in [7, 11) is 2.01. The highest BCUT2D eigenvalue weighted by Crippen LogP contribution is 2.20. The molecule has 0 radical (unpaired) electrons. The first-order valence-corrected chi connectivity index (χ1v) is 6.62. The Kier molecular flexibility index (Phi) is 5.79. The number of aliphatic hydroxyl groups excluding tert-OH is 1. The second kappa shape index (κ2) is 6.88. The Hall–Kier alpha value is -0.900. The lowest BCUT2D eigenvalue weighted by molar-refractivity contribution is 0.0671. The van der Waals surface area contributed by atoms with Crippen LogP contribution in [0.2, 0.25) is 0 Å². The van der Waals surface area contributed by atoms with Crippen molar-refractivity contribution in [2.75, 3.05) is 13.6 Å². The fourth-order valence-corrected chi connectivity index (χ4v) is 1.88. The maximum absolute atomic E-state index is 10.3. The van der Waals surface area contributed by atoms with Gasteiger partial charge in [-0.2, -0.15) is 0 Å². The smallest absolute Gasteiger partial charge is 0.0942 e. The Morgan fingerprint density at radius 2 is 1.72 bits per heavy atom. The van der Waals surface area contributed by atoms with Gasteiger partial charge in [0.05, 0.1) is 6.10 Å². The van der Waals surface area contributed by atoms with Gasteiger partial charge in [0.25, 0.3) is 0 Å². The van der Waals surface area contributed by atoms with Crippen LogP contribution in [0.25, 0.3) is 0 Å². The monoisotopic (exact) mass is 250 g/mol. The summed E-state index contributed by atoms with van der Waals surface area (Å²) in [5, 5.41) is 10.3. The Morgan fingerprint density at radius 3 is 2.22 bits per heavy atom.